The number of aryl methyl sites for hydroxylation is 2. The molecule has 0 amide bonds. The van der Waals surface area contributed by atoms with Crippen molar-refractivity contribution in [1.82, 2.24) is 19.5 Å². The number of aromatic nitrogens is 4. The van der Waals surface area contributed by atoms with Gasteiger partial charge in [-0.2, -0.15) is 26.3 Å². The zero-order valence-electron chi connectivity index (χ0n) is 31.6. The van der Waals surface area contributed by atoms with Crippen molar-refractivity contribution < 1.29 is 26.3 Å². The van der Waals surface area contributed by atoms with Gasteiger partial charge in [-0.1, -0.05) is 114 Å². The standard InChI is InChI=1S/C49H32F6N4/c1-29-13-16-31(17-14-29)38-26-35(47-57-45(33-9-5-3-6-10-33)56-46(58-47)34-11-7-4-8-12-34)27-39(32-18-20-36(21-19-32)48(50,51)52)44(38)59-42-23-15-30(2)25-40(42)41-28-37(49(53,54)55)22-24-43(41)59/h3-28H,1-2H3. The van der Waals surface area contributed by atoms with Crippen molar-refractivity contribution >= 4 is 21.8 Å². The zero-order valence-corrected chi connectivity index (χ0v) is 31.6. The number of alkyl halides is 6. The highest BCUT2D eigenvalue weighted by molar-refractivity contribution is 6.11. The molecule has 4 nitrogen and oxygen atoms in total. The van der Waals surface area contributed by atoms with Gasteiger partial charge in [0.1, 0.15) is 0 Å². The smallest absolute Gasteiger partial charge is 0.308 e. The lowest BCUT2D eigenvalue weighted by Gasteiger charge is -2.21. The van der Waals surface area contributed by atoms with Crippen LogP contribution in [-0.4, -0.2) is 19.5 Å². The van der Waals surface area contributed by atoms with E-state index in [1.807, 2.05) is 134 Å². The lowest BCUT2D eigenvalue weighted by molar-refractivity contribution is -0.138. The van der Waals surface area contributed by atoms with Crippen LogP contribution in [0.15, 0.2) is 158 Å². The minimum Gasteiger partial charge on any atom is -0.308 e. The summed E-state index contributed by atoms with van der Waals surface area (Å²) in [5, 5.41) is 0.981. The van der Waals surface area contributed by atoms with E-state index in [-0.39, 0.29) is 0 Å². The summed E-state index contributed by atoms with van der Waals surface area (Å²) in [5.41, 5.74) is 6.33. The normalized spacial score (nSPS) is 12.1. The highest BCUT2D eigenvalue weighted by atomic mass is 19.4. The highest BCUT2D eigenvalue weighted by Gasteiger charge is 2.33. The molecule has 0 fully saturated rings. The van der Waals surface area contributed by atoms with Crippen molar-refractivity contribution in [2.75, 3.05) is 0 Å². The molecule has 0 saturated carbocycles. The molecular weight excluding hydrogens is 759 g/mol. The first-order valence-corrected chi connectivity index (χ1v) is 18.7. The summed E-state index contributed by atoms with van der Waals surface area (Å²) >= 11 is 0. The molecule has 0 unspecified atom stereocenters. The molecule has 0 radical (unpaired) electrons. The van der Waals surface area contributed by atoms with E-state index in [1.54, 1.807) is 0 Å². The molecule has 0 N–H and O–H groups in total. The second-order valence-corrected chi connectivity index (χ2v) is 14.5. The number of rotatable bonds is 6. The van der Waals surface area contributed by atoms with Crippen molar-refractivity contribution in [1.29, 1.82) is 0 Å². The third-order valence-corrected chi connectivity index (χ3v) is 10.4. The summed E-state index contributed by atoms with van der Waals surface area (Å²) in [7, 11) is 0. The zero-order chi connectivity index (χ0) is 41.1. The number of hydrogen-bond donors (Lipinski definition) is 0. The summed E-state index contributed by atoms with van der Waals surface area (Å²) in [6, 6.07) is 44.7. The molecule has 0 saturated heterocycles. The molecule has 0 atom stereocenters. The molecule has 9 rings (SSSR count). The fourth-order valence-corrected chi connectivity index (χ4v) is 7.51. The summed E-state index contributed by atoms with van der Waals surface area (Å²) in [6.45, 7) is 3.84. The van der Waals surface area contributed by atoms with Gasteiger partial charge in [0.05, 0.1) is 27.8 Å². The van der Waals surface area contributed by atoms with E-state index in [0.29, 0.717) is 67.2 Å². The number of halogens is 6. The summed E-state index contributed by atoms with van der Waals surface area (Å²) in [5.74, 6) is 1.16. The van der Waals surface area contributed by atoms with Crippen LogP contribution in [0.4, 0.5) is 26.3 Å². The predicted octanol–water partition coefficient (Wildman–Crippen LogP) is 14.0. The number of nitrogens with zero attached hydrogens (tertiary/aromatic N) is 4. The van der Waals surface area contributed by atoms with E-state index in [2.05, 4.69) is 0 Å². The summed E-state index contributed by atoms with van der Waals surface area (Å²) in [4.78, 5) is 14.8. The number of benzene rings is 7. The first kappa shape index (κ1) is 37.5. The third kappa shape index (κ3) is 7.11. The maximum atomic E-state index is 14.2. The first-order chi connectivity index (χ1) is 28.3. The monoisotopic (exact) mass is 790 g/mol. The van der Waals surface area contributed by atoms with Crippen LogP contribution < -0.4 is 0 Å². The van der Waals surface area contributed by atoms with E-state index in [9.17, 15) is 26.3 Å². The average Bonchev–Trinajstić information content (AvgIpc) is 3.55. The van der Waals surface area contributed by atoms with Crippen LogP contribution in [0.1, 0.15) is 22.3 Å². The Morgan fingerprint density at radius 3 is 1.32 bits per heavy atom. The van der Waals surface area contributed by atoms with Crippen molar-refractivity contribution in [3.05, 3.63) is 180 Å². The fraction of sp³-hybridized carbons (Fsp3) is 0.0816. The number of hydrogen-bond acceptors (Lipinski definition) is 3. The molecule has 0 aliphatic heterocycles. The van der Waals surface area contributed by atoms with Gasteiger partial charge in [0.25, 0.3) is 0 Å². The van der Waals surface area contributed by atoms with Crippen molar-refractivity contribution in [3.63, 3.8) is 0 Å². The second-order valence-electron chi connectivity index (χ2n) is 14.5. The molecule has 59 heavy (non-hydrogen) atoms. The molecular formula is C49H32F6N4. The van der Waals surface area contributed by atoms with Crippen LogP contribution in [-0.2, 0) is 12.4 Å². The molecule has 7 aromatic carbocycles. The van der Waals surface area contributed by atoms with Crippen molar-refractivity contribution in [2.24, 2.45) is 0 Å². The molecule has 2 aromatic heterocycles. The van der Waals surface area contributed by atoms with Crippen LogP contribution in [0.5, 0.6) is 0 Å². The minimum atomic E-state index is -4.59. The van der Waals surface area contributed by atoms with Gasteiger partial charge in [-0.25, -0.2) is 15.0 Å². The maximum absolute atomic E-state index is 14.2. The Balaban J connectivity index is 1.42. The predicted molar refractivity (Wildman–Crippen MR) is 221 cm³/mol. The van der Waals surface area contributed by atoms with Crippen LogP contribution in [0.25, 0.3) is 83.9 Å². The number of fused-ring (bicyclic) bond motifs is 3. The lowest BCUT2D eigenvalue weighted by atomic mass is 9.91. The molecule has 0 spiro atoms. The summed E-state index contributed by atoms with van der Waals surface area (Å²) in [6.07, 6.45) is -9.17. The van der Waals surface area contributed by atoms with Gasteiger partial charge in [-0.05, 0) is 79.6 Å². The average molecular weight is 791 g/mol. The van der Waals surface area contributed by atoms with Gasteiger partial charge >= 0.3 is 12.4 Å². The maximum Gasteiger partial charge on any atom is 0.416 e. The van der Waals surface area contributed by atoms with E-state index in [0.717, 1.165) is 52.1 Å². The summed E-state index contributed by atoms with van der Waals surface area (Å²) < 4.78 is 86.5. The van der Waals surface area contributed by atoms with E-state index in [1.165, 1.54) is 18.2 Å². The van der Waals surface area contributed by atoms with E-state index >= 15 is 0 Å². The van der Waals surface area contributed by atoms with Crippen molar-refractivity contribution in [2.45, 2.75) is 26.2 Å². The fourth-order valence-electron chi connectivity index (χ4n) is 7.51. The Bertz CT molecular complexity index is 2950. The Kier molecular flexibility index (Phi) is 9.15. The van der Waals surface area contributed by atoms with E-state index in [4.69, 9.17) is 15.0 Å². The second kappa shape index (κ2) is 14.4. The van der Waals surface area contributed by atoms with Gasteiger partial charge in [0, 0.05) is 38.6 Å². The quantitative estimate of drug-likeness (QED) is 0.158. The lowest BCUT2D eigenvalue weighted by Crippen LogP contribution is -2.06. The molecule has 9 aromatic rings. The molecule has 0 bridgehead atoms. The Morgan fingerprint density at radius 1 is 0.390 bits per heavy atom. The molecule has 290 valence electrons. The molecule has 2 heterocycles. The van der Waals surface area contributed by atoms with Gasteiger partial charge < -0.3 is 4.57 Å². The Morgan fingerprint density at radius 2 is 0.814 bits per heavy atom. The first-order valence-electron chi connectivity index (χ1n) is 18.7. The van der Waals surface area contributed by atoms with E-state index < -0.39 is 23.5 Å². The largest absolute Gasteiger partial charge is 0.416 e. The third-order valence-electron chi connectivity index (χ3n) is 10.4. The minimum absolute atomic E-state index is 0.318. The van der Waals surface area contributed by atoms with Gasteiger partial charge in [-0.15, -0.1) is 0 Å². The van der Waals surface area contributed by atoms with Crippen LogP contribution in [0, 0.1) is 13.8 Å². The molecule has 10 heteroatoms. The van der Waals surface area contributed by atoms with Crippen LogP contribution in [0.3, 0.4) is 0 Å². The molecule has 0 aliphatic rings. The SMILES string of the molecule is Cc1ccc(-c2cc(-c3nc(-c4ccccc4)nc(-c4ccccc4)n3)cc(-c3ccc(C(F)(F)F)cc3)c2-n2c3ccc(C)cc3c3cc(C(F)(F)F)ccc32)cc1. The topological polar surface area (TPSA) is 43.6 Å². The van der Waals surface area contributed by atoms with Gasteiger partial charge in [-0.3, -0.25) is 0 Å². The van der Waals surface area contributed by atoms with Gasteiger partial charge in [0.15, 0.2) is 17.5 Å². The van der Waals surface area contributed by atoms with Crippen LogP contribution >= 0.6 is 0 Å². The van der Waals surface area contributed by atoms with Crippen LogP contribution in [0.2, 0.25) is 0 Å². The Labute approximate surface area is 335 Å². The Hall–Kier alpha value is -7.07. The highest BCUT2D eigenvalue weighted by Crippen LogP contribution is 2.45. The van der Waals surface area contributed by atoms with Gasteiger partial charge in [0.2, 0.25) is 0 Å². The molecule has 0 aliphatic carbocycles. The van der Waals surface area contributed by atoms with Crippen molar-refractivity contribution in [3.8, 4) is 62.1 Å².